The molecule has 1 aliphatic rings. The summed E-state index contributed by atoms with van der Waals surface area (Å²) in [7, 11) is 1.58. The Hall–Kier alpha value is -1.87. The van der Waals surface area contributed by atoms with Gasteiger partial charge in [0.2, 0.25) is 11.8 Å². The van der Waals surface area contributed by atoms with Crippen LogP contribution in [0.4, 0.5) is 0 Å². The molecule has 1 fully saturated rings. The van der Waals surface area contributed by atoms with Crippen LogP contribution in [0.25, 0.3) is 0 Å². The number of aliphatic hydroxyl groups is 2. The molecule has 0 aromatic heterocycles. The molecule has 0 radical (unpaired) electrons. The molecule has 1 rings (SSSR count). The first-order valence-corrected chi connectivity index (χ1v) is 8.61. The van der Waals surface area contributed by atoms with Crippen LogP contribution in [0.5, 0.6) is 0 Å². The van der Waals surface area contributed by atoms with Crippen LogP contribution in [0.3, 0.4) is 0 Å². The number of carbonyl (C=O) groups excluding carboxylic acids is 2. The van der Waals surface area contributed by atoms with E-state index in [1.54, 1.807) is 7.05 Å². The van der Waals surface area contributed by atoms with Crippen molar-refractivity contribution in [1.29, 1.82) is 0 Å². The number of hydrogen-bond acceptors (Lipinski definition) is 5. The van der Waals surface area contributed by atoms with Crippen LogP contribution in [0, 0.1) is 11.3 Å². The molecule has 6 N–H and O–H groups in total. The molecule has 1 atom stereocenters. The molecule has 0 saturated carbocycles. The number of guanidine groups is 1. The fourth-order valence-electron chi connectivity index (χ4n) is 2.62. The summed E-state index contributed by atoms with van der Waals surface area (Å²) in [5, 5.41) is 24.0. The van der Waals surface area contributed by atoms with Crippen molar-refractivity contribution in [2.24, 2.45) is 22.1 Å². The van der Waals surface area contributed by atoms with Crippen molar-refractivity contribution in [2.75, 3.05) is 46.4 Å². The van der Waals surface area contributed by atoms with Crippen molar-refractivity contribution in [1.82, 2.24) is 15.5 Å². The lowest BCUT2D eigenvalue weighted by atomic mass is 9.89. The smallest absolute Gasteiger partial charge is 0.225 e. The Morgan fingerprint density at radius 2 is 2.04 bits per heavy atom. The maximum absolute atomic E-state index is 11.6. The lowest BCUT2D eigenvalue weighted by Crippen LogP contribution is -2.44. The Balaban J connectivity index is 2.70. The molecule has 0 aromatic carbocycles. The van der Waals surface area contributed by atoms with E-state index in [-0.39, 0.29) is 30.9 Å². The number of carbonyl (C=O) groups is 2. The number of rotatable bonds is 9. The fourth-order valence-corrected chi connectivity index (χ4v) is 2.62. The van der Waals surface area contributed by atoms with Crippen LogP contribution in [0.1, 0.15) is 26.2 Å². The van der Waals surface area contributed by atoms with Crippen molar-refractivity contribution < 1.29 is 19.8 Å². The number of nitrogens with two attached hydrogens (primary N) is 1. The van der Waals surface area contributed by atoms with Gasteiger partial charge in [-0.25, -0.2) is 0 Å². The number of likely N-dealkylation sites (tertiary alicyclic amines) is 1. The first-order valence-electron chi connectivity index (χ1n) is 8.61. The Bertz CT molecular complexity index is 481. The third kappa shape index (κ3) is 6.50. The molecule has 0 spiro atoms. The monoisotopic (exact) mass is 357 g/mol. The average molecular weight is 357 g/mol. The largest absolute Gasteiger partial charge is 0.396 e. The molecular weight excluding hydrogens is 326 g/mol. The lowest BCUT2D eigenvalue weighted by Gasteiger charge is -2.24. The predicted octanol–water partition coefficient (Wildman–Crippen LogP) is -1.74. The van der Waals surface area contributed by atoms with Crippen LogP contribution >= 0.6 is 0 Å². The van der Waals surface area contributed by atoms with Gasteiger partial charge < -0.3 is 31.5 Å². The summed E-state index contributed by atoms with van der Waals surface area (Å²) in [6, 6.07) is 0. The van der Waals surface area contributed by atoms with Gasteiger partial charge in [-0.3, -0.25) is 14.6 Å². The third-order valence-corrected chi connectivity index (χ3v) is 4.60. The summed E-state index contributed by atoms with van der Waals surface area (Å²) in [5.74, 6) is 0.00467. The summed E-state index contributed by atoms with van der Waals surface area (Å²) in [4.78, 5) is 29.5. The molecular formula is C16H31N5O4. The molecule has 0 aromatic rings. The van der Waals surface area contributed by atoms with E-state index >= 15 is 0 Å². The van der Waals surface area contributed by atoms with Gasteiger partial charge in [-0.2, -0.15) is 0 Å². The second-order valence-electron chi connectivity index (χ2n) is 6.67. The number of primary amides is 1. The summed E-state index contributed by atoms with van der Waals surface area (Å²) in [5.41, 5.74) is 4.90. The van der Waals surface area contributed by atoms with Gasteiger partial charge in [-0.05, 0) is 19.8 Å². The van der Waals surface area contributed by atoms with Crippen LogP contribution < -0.4 is 16.4 Å². The molecule has 1 heterocycles. The van der Waals surface area contributed by atoms with E-state index in [4.69, 9.17) is 15.9 Å². The van der Waals surface area contributed by atoms with Crippen molar-refractivity contribution in [3.8, 4) is 0 Å². The summed E-state index contributed by atoms with van der Waals surface area (Å²) < 4.78 is 0. The standard InChI is InChI=1S/C16H31N5O4/c1-16(14(17)25)5-8-21(11-16)15(20-7-4-13(24)18-2)19-6-3-12(9-22)10-23/h12,22-23H,3-11H2,1-2H3,(H2,17,25)(H,18,24)(H,19,20). The number of nitrogens with zero attached hydrogens (tertiary/aromatic N) is 2. The molecule has 2 amide bonds. The summed E-state index contributed by atoms with van der Waals surface area (Å²) >= 11 is 0. The Kier molecular flexibility index (Phi) is 8.64. The van der Waals surface area contributed by atoms with Crippen LogP contribution in [-0.4, -0.2) is 79.3 Å². The van der Waals surface area contributed by atoms with E-state index in [0.717, 1.165) is 0 Å². The molecule has 1 unspecified atom stereocenters. The number of amides is 2. The van der Waals surface area contributed by atoms with Gasteiger partial charge in [-0.15, -0.1) is 0 Å². The van der Waals surface area contributed by atoms with Gasteiger partial charge in [0.05, 0.1) is 5.41 Å². The van der Waals surface area contributed by atoms with Crippen molar-refractivity contribution in [3.05, 3.63) is 0 Å². The summed E-state index contributed by atoms with van der Waals surface area (Å²) in [6.45, 7) is 3.63. The Morgan fingerprint density at radius 3 is 2.56 bits per heavy atom. The molecule has 25 heavy (non-hydrogen) atoms. The molecule has 144 valence electrons. The number of aliphatic hydroxyl groups excluding tert-OH is 2. The highest BCUT2D eigenvalue weighted by atomic mass is 16.3. The summed E-state index contributed by atoms with van der Waals surface area (Å²) in [6.07, 6.45) is 1.51. The highest BCUT2D eigenvalue weighted by Gasteiger charge is 2.40. The maximum atomic E-state index is 11.6. The SMILES string of the molecule is CNC(=O)CCNC(=NCCC(CO)CO)N1CCC(C)(C(N)=O)C1. The quantitative estimate of drug-likeness (QED) is 0.245. The maximum Gasteiger partial charge on any atom is 0.225 e. The first kappa shape index (κ1) is 21.2. The molecule has 1 aliphatic heterocycles. The number of nitrogens with one attached hydrogen (secondary N) is 2. The number of aliphatic imine (C=N–C) groups is 1. The second-order valence-corrected chi connectivity index (χ2v) is 6.67. The van der Waals surface area contributed by atoms with E-state index in [9.17, 15) is 9.59 Å². The van der Waals surface area contributed by atoms with Gasteiger partial charge >= 0.3 is 0 Å². The Morgan fingerprint density at radius 1 is 1.36 bits per heavy atom. The van der Waals surface area contributed by atoms with Gasteiger partial charge in [-0.1, -0.05) is 0 Å². The first-order chi connectivity index (χ1) is 11.9. The van der Waals surface area contributed by atoms with Crippen molar-refractivity contribution in [3.63, 3.8) is 0 Å². The van der Waals surface area contributed by atoms with Gasteiger partial charge in [0.15, 0.2) is 5.96 Å². The highest BCUT2D eigenvalue weighted by Crippen LogP contribution is 2.29. The lowest BCUT2D eigenvalue weighted by molar-refractivity contribution is -0.126. The normalized spacial score (nSPS) is 20.8. The number of hydrogen-bond donors (Lipinski definition) is 5. The van der Waals surface area contributed by atoms with E-state index in [1.807, 2.05) is 11.8 Å². The molecule has 0 bridgehead atoms. The molecule has 9 nitrogen and oxygen atoms in total. The van der Waals surface area contributed by atoms with Gasteiger partial charge in [0.25, 0.3) is 0 Å². The van der Waals surface area contributed by atoms with Gasteiger partial charge in [0, 0.05) is 58.8 Å². The average Bonchev–Trinajstić information content (AvgIpc) is 3.00. The third-order valence-electron chi connectivity index (χ3n) is 4.60. The van der Waals surface area contributed by atoms with Crippen molar-refractivity contribution in [2.45, 2.75) is 26.2 Å². The minimum atomic E-state index is -0.595. The molecule has 9 heteroatoms. The zero-order valence-electron chi connectivity index (χ0n) is 15.1. The topological polar surface area (TPSA) is 140 Å². The molecule has 0 aliphatic carbocycles. The zero-order chi connectivity index (χ0) is 18.9. The fraction of sp³-hybridized carbons (Fsp3) is 0.812. The zero-order valence-corrected chi connectivity index (χ0v) is 15.1. The van der Waals surface area contributed by atoms with Crippen molar-refractivity contribution >= 4 is 17.8 Å². The van der Waals surface area contributed by atoms with E-state index in [2.05, 4.69) is 15.6 Å². The van der Waals surface area contributed by atoms with Crippen LogP contribution in [0.2, 0.25) is 0 Å². The second kappa shape index (κ2) is 10.2. The van der Waals surface area contributed by atoms with E-state index in [1.165, 1.54) is 0 Å². The predicted molar refractivity (Wildman–Crippen MR) is 94.8 cm³/mol. The van der Waals surface area contributed by atoms with Crippen LogP contribution in [-0.2, 0) is 9.59 Å². The minimum absolute atomic E-state index is 0.0733. The molecule has 1 saturated heterocycles. The van der Waals surface area contributed by atoms with E-state index in [0.29, 0.717) is 51.4 Å². The Labute approximate surface area is 148 Å². The van der Waals surface area contributed by atoms with Crippen LogP contribution in [0.15, 0.2) is 4.99 Å². The highest BCUT2D eigenvalue weighted by molar-refractivity contribution is 5.85. The van der Waals surface area contributed by atoms with E-state index < -0.39 is 5.41 Å². The van der Waals surface area contributed by atoms with Gasteiger partial charge in [0.1, 0.15) is 0 Å². The minimum Gasteiger partial charge on any atom is -0.396 e.